The quantitative estimate of drug-likeness (QED) is 0.663. The summed E-state index contributed by atoms with van der Waals surface area (Å²) in [6.07, 6.45) is 2.23. The van der Waals surface area contributed by atoms with E-state index in [-0.39, 0.29) is 29.2 Å². The van der Waals surface area contributed by atoms with Crippen LogP contribution in [0.25, 0.3) is 5.82 Å². The number of benzene rings is 1. The van der Waals surface area contributed by atoms with Gasteiger partial charge in [0, 0.05) is 18.0 Å². The highest BCUT2D eigenvalue weighted by Gasteiger charge is 2.40. The van der Waals surface area contributed by atoms with Crippen molar-refractivity contribution in [2.45, 2.75) is 25.3 Å². The molecule has 0 saturated heterocycles. The second-order valence-corrected chi connectivity index (χ2v) is 7.28. The van der Waals surface area contributed by atoms with Crippen molar-refractivity contribution in [3.63, 3.8) is 0 Å². The monoisotopic (exact) mass is 431 g/mol. The summed E-state index contributed by atoms with van der Waals surface area (Å²) in [6.45, 7) is 1.75. The van der Waals surface area contributed by atoms with E-state index in [1.54, 1.807) is 13.0 Å². The standard InChI is InChI=1S/C18H15BrFN5O2/c1-9-12(8-21-25(9)16-4-5-17(26)24-23-16)18(27)22-15-7-11(15)10-2-3-13(19)14(20)6-10/h2-6,8,11,15H,7H2,1H3,(H,22,27)(H,24,26)/t11-,15+/m0/s1. The minimum absolute atomic E-state index is 0.0352. The molecule has 7 nitrogen and oxygen atoms in total. The zero-order valence-electron chi connectivity index (χ0n) is 14.2. The SMILES string of the molecule is Cc1c(C(=O)N[C@@H]2C[C@H]2c2ccc(Br)c(F)c2)cnn1-c1ccc(=O)[nH]n1. The lowest BCUT2D eigenvalue weighted by atomic mass is 10.1. The third-order valence-corrected chi connectivity index (χ3v) is 5.26. The summed E-state index contributed by atoms with van der Waals surface area (Å²) in [7, 11) is 0. The van der Waals surface area contributed by atoms with Crippen molar-refractivity contribution in [3.05, 3.63) is 74.0 Å². The molecule has 27 heavy (non-hydrogen) atoms. The Kier molecular flexibility index (Phi) is 4.39. The molecule has 2 heterocycles. The lowest BCUT2D eigenvalue weighted by molar-refractivity contribution is 0.0949. The maximum atomic E-state index is 13.7. The summed E-state index contributed by atoms with van der Waals surface area (Å²) in [5.41, 5.74) is 1.59. The molecule has 0 bridgehead atoms. The molecule has 1 fully saturated rings. The van der Waals surface area contributed by atoms with Gasteiger partial charge in [-0.15, -0.1) is 0 Å². The van der Waals surface area contributed by atoms with Crippen LogP contribution in [0.2, 0.25) is 0 Å². The van der Waals surface area contributed by atoms with Gasteiger partial charge in [-0.3, -0.25) is 9.59 Å². The number of aromatic amines is 1. The molecule has 1 aliphatic carbocycles. The second kappa shape index (κ2) is 6.73. The highest BCUT2D eigenvalue weighted by molar-refractivity contribution is 9.10. The van der Waals surface area contributed by atoms with E-state index >= 15 is 0 Å². The van der Waals surface area contributed by atoms with Crippen molar-refractivity contribution in [1.82, 2.24) is 25.3 Å². The van der Waals surface area contributed by atoms with Gasteiger partial charge in [0.25, 0.3) is 11.5 Å². The summed E-state index contributed by atoms with van der Waals surface area (Å²) in [5.74, 6) is -0.0307. The Balaban J connectivity index is 1.47. The van der Waals surface area contributed by atoms with Crippen molar-refractivity contribution in [1.29, 1.82) is 0 Å². The number of nitrogens with one attached hydrogen (secondary N) is 2. The zero-order chi connectivity index (χ0) is 19.1. The van der Waals surface area contributed by atoms with Crippen LogP contribution in [-0.4, -0.2) is 31.9 Å². The molecule has 0 unspecified atom stereocenters. The first kappa shape index (κ1) is 17.6. The van der Waals surface area contributed by atoms with Gasteiger partial charge >= 0.3 is 0 Å². The average molecular weight is 432 g/mol. The van der Waals surface area contributed by atoms with E-state index in [2.05, 4.69) is 36.5 Å². The predicted octanol–water partition coefficient (Wildman–Crippen LogP) is 2.45. The Hall–Kier alpha value is -2.81. The van der Waals surface area contributed by atoms with Crippen LogP contribution < -0.4 is 10.9 Å². The first-order chi connectivity index (χ1) is 12.9. The fourth-order valence-corrected chi connectivity index (χ4v) is 3.28. The second-order valence-electron chi connectivity index (χ2n) is 6.43. The minimum atomic E-state index is -0.314. The summed E-state index contributed by atoms with van der Waals surface area (Å²) in [4.78, 5) is 23.7. The number of aromatic nitrogens is 4. The molecule has 1 amide bonds. The van der Waals surface area contributed by atoms with E-state index in [0.29, 0.717) is 21.5 Å². The van der Waals surface area contributed by atoms with Gasteiger partial charge in [-0.2, -0.15) is 10.2 Å². The number of H-pyrrole nitrogens is 1. The molecule has 3 aromatic rings. The molecule has 1 aromatic carbocycles. The molecule has 2 N–H and O–H groups in total. The van der Waals surface area contributed by atoms with Crippen LogP contribution in [0.15, 0.2) is 45.8 Å². The Morgan fingerprint density at radius 3 is 2.89 bits per heavy atom. The molecule has 2 atom stereocenters. The van der Waals surface area contributed by atoms with Crippen LogP contribution in [0.1, 0.15) is 34.0 Å². The van der Waals surface area contributed by atoms with Crippen LogP contribution in [0.4, 0.5) is 4.39 Å². The number of carbonyl (C=O) groups excluding carboxylic acids is 1. The number of amides is 1. The van der Waals surface area contributed by atoms with Gasteiger partial charge in [0.1, 0.15) is 5.82 Å². The normalized spacial score (nSPS) is 18.3. The molecule has 138 valence electrons. The van der Waals surface area contributed by atoms with E-state index in [1.165, 1.54) is 29.1 Å². The molecule has 2 aromatic heterocycles. The Morgan fingerprint density at radius 2 is 2.19 bits per heavy atom. The van der Waals surface area contributed by atoms with E-state index in [9.17, 15) is 14.0 Å². The molecule has 0 aliphatic heterocycles. The van der Waals surface area contributed by atoms with E-state index in [1.807, 2.05) is 6.07 Å². The lowest BCUT2D eigenvalue weighted by Crippen LogP contribution is -2.27. The van der Waals surface area contributed by atoms with Gasteiger partial charge in [0.05, 0.1) is 21.9 Å². The number of nitrogens with zero attached hydrogens (tertiary/aromatic N) is 3. The van der Waals surface area contributed by atoms with Crippen LogP contribution in [-0.2, 0) is 0 Å². The molecule has 1 aliphatic rings. The maximum absolute atomic E-state index is 13.7. The van der Waals surface area contributed by atoms with Gasteiger partial charge in [-0.25, -0.2) is 14.2 Å². The Labute approximate surface area is 161 Å². The topological polar surface area (TPSA) is 92.7 Å². The average Bonchev–Trinajstić information content (AvgIpc) is 3.30. The van der Waals surface area contributed by atoms with Crippen molar-refractivity contribution in [2.24, 2.45) is 0 Å². The highest BCUT2D eigenvalue weighted by Crippen LogP contribution is 2.41. The molecule has 0 spiro atoms. The molecule has 1 saturated carbocycles. The number of halogens is 2. The van der Waals surface area contributed by atoms with Gasteiger partial charge in [0.15, 0.2) is 5.82 Å². The number of hydrogen-bond acceptors (Lipinski definition) is 4. The van der Waals surface area contributed by atoms with E-state index in [4.69, 9.17) is 0 Å². The highest BCUT2D eigenvalue weighted by atomic mass is 79.9. The first-order valence-corrected chi connectivity index (χ1v) is 9.10. The molecular formula is C18H15BrFN5O2. The van der Waals surface area contributed by atoms with E-state index in [0.717, 1.165) is 12.0 Å². The number of carbonyl (C=O) groups is 1. The Bertz CT molecular complexity index is 1070. The molecule has 9 heteroatoms. The third kappa shape index (κ3) is 3.42. The van der Waals surface area contributed by atoms with Crippen molar-refractivity contribution in [3.8, 4) is 5.82 Å². The summed E-state index contributed by atoms with van der Waals surface area (Å²) in [5, 5.41) is 13.4. The van der Waals surface area contributed by atoms with Crippen LogP contribution in [0.5, 0.6) is 0 Å². The van der Waals surface area contributed by atoms with Gasteiger partial charge < -0.3 is 5.32 Å². The van der Waals surface area contributed by atoms with Gasteiger partial charge in [0.2, 0.25) is 0 Å². The number of rotatable bonds is 4. The zero-order valence-corrected chi connectivity index (χ0v) is 15.8. The first-order valence-electron chi connectivity index (χ1n) is 8.30. The fourth-order valence-electron chi connectivity index (χ4n) is 3.03. The third-order valence-electron chi connectivity index (χ3n) is 4.61. The molecule has 0 radical (unpaired) electrons. The Morgan fingerprint density at radius 1 is 1.37 bits per heavy atom. The van der Waals surface area contributed by atoms with Crippen LogP contribution in [0.3, 0.4) is 0 Å². The summed E-state index contributed by atoms with van der Waals surface area (Å²) < 4.78 is 15.6. The fraction of sp³-hybridized carbons (Fsp3) is 0.222. The van der Waals surface area contributed by atoms with Gasteiger partial charge in [-0.05, 0) is 53.0 Å². The maximum Gasteiger partial charge on any atom is 0.264 e. The van der Waals surface area contributed by atoms with Crippen LogP contribution >= 0.6 is 15.9 Å². The smallest absolute Gasteiger partial charge is 0.264 e. The molecule has 4 rings (SSSR count). The largest absolute Gasteiger partial charge is 0.349 e. The van der Waals surface area contributed by atoms with Crippen molar-refractivity contribution >= 4 is 21.8 Å². The summed E-state index contributed by atoms with van der Waals surface area (Å²) >= 11 is 3.14. The predicted molar refractivity (Wildman–Crippen MR) is 99.4 cm³/mol. The van der Waals surface area contributed by atoms with Crippen LogP contribution in [0, 0.1) is 12.7 Å². The van der Waals surface area contributed by atoms with Gasteiger partial charge in [-0.1, -0.05) is 6.07 Å². The van der Waals surface area contributed by atoms with E-state index < -0.39 is 0 Å². The molecular weight excluding hydrogens is 417 g/mol. The van der Waals surface area contributed by atoms with Crippen molar-refractivity contribution < 1.29 is 9.18 Å². The lowest BCUT2D eigenvalue weighted by Gasteiger charge is -2.06. The van der Waals surface area contributed by atoms with Crippen molar-refractivity contribution in [2.75, 3.05) is 0 Å². The number of hydrogen-bond donors (Lipinski definition) is 2. The minimum Gasteiger partial charge on any atom is -0.349 e. The summed E-state index contributed by atoms with van der Waals surface area (Å²) in [6, 6.07) is 7.86.